The molecule has 24 heavy (non-hydrogen) atoms. The molecule has 4 N–H and O–H groups in total. The largest absolute Gasteiger partial charge is 0.398 e. The lowest BCUT2D eigenvalue weighted by molar-refractivity contribution is 1.29. The summed E-state index contributed by atoms with van der Waals surface area (Å²) in [6.07, 6.45) is 0. The molecule has 0 unspecified atom stereocenters. The van der Waals surface area contributed by atoms with Gasteiger partial charge in [-0.15, -0.1) is 0 Å². The van der Waals surface area contributed by atoms with E-state index < -0.39 is 0 Å². The highest BCUT2D eigenvalue weighted by atomic mass is 32.2. The Morgan fingerprint density at radius 3 is 1.46 bits per heavy atom. The number of nitrogens with two attached hydrogens (primary N) is 2. The first-order valence-corrected chi connectivity index (χ1v) is 9.44. The van der Waals surface area contributed by atoms with Gasteiger partial charge in [-0.3, -0.25) is 0 Å². The number of rotatable bonds is 0. The molecule has 4 aromatic carbocycles. The zero-order valence-electron chi connectivity index (χ0n) is 12.7. The van der Waals surface area contributed by atoms with E-state index in [1.165, 1.54) is 20.6 Å². The molecule has 2 nitrogen and oxygen atoms in total. The molecule has 0 bridgehead atoms. The fraction of sp³-hybridized carbons (Fsp3) is 0. The standard InChI is InChI=1S/C20H14N2S2/c21-19-13-7-11-3-1-2-4-12(11)8-14(13)20(22)16-10-18-17(9-15(16)19)23-5-6-24-18/h1-10H,21-22H2. The Hall–Kier alpha value is -2.30. The first kappa shape index (κ1) is 14.1. The summed E-state index contributed by atoms with van der Waals surface area (Å²) in [6, 6.07) is 17.0. The van der Waals surface area contributed by atoms with E-state index in [9.17, 15) is 0 Å². The Bertz CT molecular complexity index is 1090. The fourth-order valence-corrected chi connectivity index (χ4v) is 5.12. The molecule has 5 rings (SSSR count). The van der Waals surface area contributed by atoms with Crippen molar-refractivity contribution >= 4 is 67.2 Å². The van der Waals surface area contributed by atoms with Crippen LogP contribution in [0.4, 0.5) is 11.4 Å². The Morgan fingerprint density at radius 2 is 1.00 bits per heavy atom. The van der Waals surface area contributed by atoms with E-state index in [0.717, 1.165) is 32.9 Å². The predicted octanol–water partition coefficient (Wildman–Crippen LogP) is 5.98. The molecular weight excluding hydrogens is 332 g/mol. The Kier molecular flexibility index (Phi) is 2.99. The van der Waals surface area contributed by atoms with Crippen molar-refractivity contribution in [2.45, 2.75) is 9.79 Å². The average molecular weight is 346 g/mol. The molecule has 1 heterocycles. The SMILES string of the molecule is Nc1c2cc3c(cc2c(N)c2cc4ccccc4cc12)SC=CS3. The Balaban J connectivity index is 1.96. The van der Waals surface area contributed by atoms with Gasteiger partial charge < -0.3 is 11.5 Å². The number of thioether (sulfide) groups is 2. The molecule has 1 aliphatic heterocycles. The smallest absolute Gasteiger partial charge is 0.0475 e. The van der Waals surface area contributed by atoms with Gasteiger partial charge in [0.15, 0.2) is 0 Å². The molecule has 0 radical (unpaired) electrons. The molecule has 0 aliphatic carbocycles. The number of anilines is 2. The van der Waals surface area contributed by atoms with Crippen LogP contribution in [0.25, 0.3) is 32.3 Å². The van der Waals surface area contributed by atoms with Crippen molar-refractivity contribution in [3.05, 3.63) is 59.3 Å². The summed E-state index contributed by atoms with van der Waals surface area (Å²) in [4.78, 5) is 2.47. The number of nitrogen functional groups attached to an aromatic ring is 2. The highest BCUT2D eigenvalue weighted by Gasteiger charge is 2.15. The van der Waals surface area contributed by atoms with Crippen molar-refractivity contribution in [2.75, 3.05) is 11.5 Å². The van der Waals surface area contributed by atoms with Gasteiger partial charge in [0.2, 0.25) is 0 Å². The van der Waals surface area contributed by atoms with E-state index in [2.05, 4.69) is 47.2 Å². The van der Waals surface area contributed by atoms with Gasteiger partial charge in [0.05, 0.1) is 0 Å². The van der Waals surface area contributed by atoms with Crippen LogP contribution in [-0.2, 0) is 0 Å². The fourth-order valence-electron chi connectivity index (χ4n) is 3.37. The number of hydrogen-bond donors (Lipinski definition) is 2. The summed E-state index contributed by atoms with van der Waals surface area (Å²) >= 11 is 3.46. The molecular formula is C20H14N2S2. The number of benzene rings is 4. The lowest BCUT2D eigenvalue weighted by Gasteiger charge is -2.16. The summed E-state index contributed by atoms with van der Waals surface area (Å²) in [7, 11) is 0. The van der Waals surface area contributed by atoms with Crippen molar-refractivity contribution in [3.63, 3.8) is 0 Å². The van der Waals surface area contributed by atoms with Crippen molar-refractivity contribution in [1.29, 1.82) is 0 Å². The molecule has 4 aromatic rings. The van der Waals surface area contributed by atoms with Crippen LogP contribution in [0.15, 0.2) is 69.1 Å². The van der Waals surface area contributed by atoms with Gasteiger partial charge in [0.25, 0.3) is 0 Å². The molecule has 1 aliphatic rings. The molecule has 0 spiro atoms. The molecule has 0 saturated carbocycles. The average Bonchev–Trinajstić information content (AvgIpc) is 2.64. The minimum Gasteiger partial charge on any atom is -0.398 e. The van der Waals surface area contributed by atoms with E-state index in [4.69, 9.17) is 11.5 Å². The third-order valence-corrected chi connectivity index (χ3v) is 6.61. The maximum absolute atomic E-state index is 6.56. The second-order valence-electron chi connectivity index (χ2n) is 5.92. The molecule has 4 heteroatoms. The van der Waals surface area contributed by atoms with Gasteiger partial charge in [-0.05, 0) is 45.9 Å². The topological polar surface area (TPSA) is 52.0 Å². The summed E-state index contributed by atoms with van der Waals surface area (Å²) in [5.41, 5.74) is 14.7. The summed E-state index contributed by atoms with van der Waals surface area (Å²) in [6.45, 7) is 0. The quantitative estimate of drug-likeness (QED) is 0.234. The second-order valence-corrected chi connectivity index (χ2v) is 7.82. The maximum Gasteiger partial charge on any atom is 0.0475 e. The predicted molar refractivity (Wildman–Crippen MR) is 109 cm³/mol. The minimum atomic E-state index is 0.808. The normalized spacial score (nSPS) is 13.7. The highest BCUT2D eigenvalue weighted by Crippen LogP contribution is 2.45. The lowest BCUT2D eigenvalue weighted by Crippen LogP contribution is -1.97. The van der Waals surface area contributed by atoms with Gasteiger partial charge in [0.1, 0.15) is 0 Å². The highest BCUT2D eigenvalue weighted by molar-refractivity contribution is 8.08. The van der Waals surface area contributed by atoms with Crippen LogP contribution < -0.4 is 11.5 Å². The van der Waals surface area contributed by atoms with E-state index in [-0.39, 0.29) is 0 Å². The molecule has 0 atom stereocenters. The van der Waals surface area contributed by atoms with Crippen molar-refractivity contribution < 1.29 is 0 Å². The second kappa shape index (κ2) is 5.10. The van der Waals surface area contributed by atoms with Crippen LogP contribution in [0.5, 0.6) is 0 Å². The van der Waals surface area contributed by atoms with E-state index in [1.807, 2.05) is 12.1 Å². The molecule has 116 valence electrons. The van der Waals surface area contributed by atoms with Gasteiger partial charge in [-0.1, -0.05) is 47.8 Å². The van der Waals surface area contributed by atoms with Crippen molar-refractivity contribution in [2.24, 2.45) is 0 Å². The van der Waals surface area contributed by atoms with Gasteiger partial charge >= 0.3 is 0 Å². The first-order chi connectivity index (χ1) is 11.7. The first-order valence-electron chi connectivity index (χ1n) is 7.68. The number of fused-ring (bicyclic) bond motifs is 4. The van der Waals surface area contributed by atoms with Crippen LogP contribution in [0.1, 0.15) is 0 Å². The summed E-state index contributed by atoms with van der Waals surface area (Å²) in [5.74, 6) is 0. The molecule has 0 saturated heterocycles. The van der Waals surface area contributed by atoms with Crippen LogP contribution >= 0.6 is 23.5 Å². The summed E-state index contributed by atoms with van der Waals surface area (Å²) in [5, 5.41) is 10.7. The van der Waals surface area contributed by atoms with Crippen LogP contribution in [-0.4, -0.2) is 0 Å². The lowest BCUT2D eigenvalue weighted by atomic mass is 9.96. The van der Waals surface area contributed by atoms with Crippen LogP contribution in [0.2, 0.25) is 0 Å². The Morgan fingerprint density at radius 1 is 0.583 bits per heavy atom. The van der Waals surface area contributed by atoms with Crippen LogP contribution in [0.3, 0.4) is 0 Å². The minimum absolute atomic E-state index is 0.808. The monoisotopic (exact) mass is 346 g/mol. The van der Waals surface area contributed by atoms with E-state index in [0.29, 0.717) is 0 Å². The van der Waals surface area contributed by atoms with Crippen LogP contribution in [0, 0.1) is 0 Å². The van der Waals surface area contributed by atoms with Gasteiger partial charge in [-0.25, -0.2) is 0 Å². The molecule has 0 amide bonds. The summed E-state index contributed by atoms with van der Waals surface area (Å²) < 4.78 is 0. The number of hydrogen-bond acceptors (Lipinski definition) is 4. The van der Waals surface area contributed by atoms with E-state index >= 15 is 0 Å². The molecule has 0 aromatic heterocycles. The van der Waals surface area contributed by atoms with Gasteiger partial charge in [-0.2, -0.15) is 0 Å². The Labute approximate surface area is 147 Å². The van der Waals surface area contributed by atoms with Crippen molar-refractivity contribution in [1.82, 2.24) is 0 Å². The van der Waals surface area contributed by atoms with E-state index in [1.54, 1.807) is 23.5 Å². The third-order valence-electron chi connectivity index (χ3n) is 4.58. The zero-order chi connectivity index (χ0) is 16.3. The van der Waals surface area contributed by atoms with Crippen molar-refractivity contribution in [3.8, 4) is 0 Å². The third kappa shape index (κ3) is 1.93. The van der Waals surface area contributed by atoms with Gasteiger partial charge in [0, 0.05) is 42.7 Å². The zero-order valence-corrected chi connectivity index (χ0v) is 14.4. The molecule has 0 fully saturated rings. The maximum atomic E-state index is 6.56.